The number of anilines is 1. The van der Waals surface area contributed by atoms with Crippen molar-refractivity contribution < 1.29 is 14.3 Å². The van der Waals surface area contributed by atoms with Gasteiger partial charge in [-0.2, -0.15) is 0 Å². The first-order valence-electron chi connectivity index (χ1n) is 10.4. The molecule has 2 N–H and O–H groups in total. The van der Waals surface area contributed by atoms with Crippen molar-refractivity contribution >= 4 is 17.9 Å². The number of ether oxygens (including phenoxy) is 1. The number of rotatable bonds is 6. The summed E-state index contributed by atoms with van der Waals surface area (Å²) >= 11 is 0. The summed E-state index contributed by atoms with van der Waals surface area (Å²) in [6.07, 6.45) is 3.47. The monoisotopic (exact) mass is 422 g/mol. The van der Waals surface area contributed by atoms with Gasteiger partial charge in [0, 0.05) is 50.8 Å². The van der Waals surface area contributed by atoms with Crippen LogP contribution in [0.25, 0.3) is 0 Å². The zero-order valence-corrected chi connectivity index (χ0v) is 17.5. The number of carbonyl (C=O) groups excluding carboxylic acids is 2. The van der Waals surface area contributed by atoms with Crippen LogP contribution in [-0.2, 0) is 9.53 Å². The molecule has 0 saturated carbocycles. The number of nitrogens with zero attached hydrogens (tertiary/aromatic N) is 4. The van der Waals surface area contributed by atoms with Crippen LogP contribution in [0.2, 0.25) is 0 Å². The molecule has 2 amide bonds. The van der Waals surface area contributed by atoms with Gasteiger partial charge in [0.05, 0.1) is 18.2 Å². The fraction of sp³-hybridized carbons (Fsp3) is 0.364. The number of piperazine rings is 1. The number of hydrogen-bond donors (Lipinski definition) is 2. The molecule has 2 aromatic rings. The summed E-state index contributed by atoms with van der Waals surface area (Å²) in [5, 5.41) is 5.71. The number of esters is 1. The molecule has 162 valence electrons. The number of benzene rings is 1. The second-order valence-corrected chi connectivity index (χ2v) is 7.37. The van der Waals surface area contributed by atoms with E-state index in [2.05, 4.69) is 30.4 Å². The van der Waals surface area contributed by atoms with Crippen LogP contribution in [0.1, 0.15) is 18.5 Å². The molecule has 0 unspecified atom stereocenters. The molecule has 0 radical (unpaired) electrons. The maximum atomic E-state index is 12.9. The Bertz CT molecular complexity index is 942. The Hall–Kier alpha value is -3.46. The highest BCUT2D eigenvalue weighted by Gasteiger charge is 2.34. The standard InChI is InChI=1S/C22H26N6O3/c1-2-31-20(29)18-17(25-22(30)26-19(18)16-7-4-3-5-8-16)15-27-11-13-28(14-12-27)21-23-9-6-10-24-21/h3-10,19H,2,11-15H2,1H3,(H2,25,26,30)/t19-/m1/s1. The van der Waals surface area contributed by atoms with Crippen molar-refractivity contribution in [3.8, 4) is 0 Å². The minimum atomic E-state index is -0.553. The fourth-order valence-electron chi connectivity index (χ4n) is 3.87. The van der Waals surface area contributed by atoms with Crippen molar-refractivity contribution in [2.24, 2.45) is 0 Å². The third kappa shape index (κ3) is 4.83. The lowest BCUT2D eigenvalue weighted by molar-refractivity contribution is -0.139. The number of carbonyl (C=O) groups is 2. The summed E-state index contributed by atoms with van der Waals surface area (Å²) in [6, 6.07) is 10.4. The normalized spacial score (nSPS) is 19.6. The van der Waals surface area contributed by atoms with E-state index in [1.54, 1.807) is 25.4 Å². The Kier molecular flexibility index (Phi) is 6.42. The van der Waals surface area contributed by atoms with Crippen molar-refractivity contribution in [2.75, 3.05) is 44.2 Å². The van der Waals surface area contributed by atoms with Crippen LogP contribution in [0.5, 0.6) is 0 Å². The molecular formula is C22H26N6O3. The Morgan fingerprint density at radius 1 is 1.10 bits per heavy atom. The third-order valence-electron chi connectivity index (χ3n) is 5.37. The molecule has 1 aromatic heterocycles. The van der Waals surface area contributed by atoms with Gasteiger partial charge in [0.1, 0.15) is 0 Å². The SMILES string of the molecule is CCOC(=O)C1=C(CN2CCN(c3ncccn3)CC2)NC(=O)N[C@@H]1c1ccccc1. The lowest BCUT2D eigenvalue weighted by Crippen LogP contribution is -2.52. The van der Waals surface area contributed by atoms with E-state index in [1.165, 1.54) is 0 Å². The van der Waals surface area contributed by atoms with Crippen LogP contribution in [0.15, 0.2) is 60.1 Å². The molecule has 9 heteroatoms. The van der Waals surface area contributed by atoms with E-state index < -0.39 is 12.0 Å². The molecule has 2 aliphatic heterocycles. The minimum Gasteiger partial charge on any atom is -0.463 e. The van der Waals surface area contributed by atoms with Gasteiger partial charge in [0.15, 0.2) is 0 Å². The second-order valence-electron chi connectivity index (χ2n) is 7.37. The molecule has 2 aliphatic rings. The van der Waals surface area contributed by atoms with Gasteiger partial charge in [0.2, 0.25) is 5.95 Å². The Balaban J connectivity index is 1.55. The molecular weight excluding hydrogens is 396 g/mol. The van der Waals surface area contributed by atoms with E-state index >= 15 is 0 Å². The van der Waals surface area contributed by atoms with Crippen molar-refractivity contribution in [3.63, 3.8) is 0 Å². The highest BCUT2D eigenvalue weighted by molar-refractivity contribution is 5.95. The lowest BCUT2D eigenvalue weighted by atomic mass is 9.95. The molecule has 0 spiro atoms. The van der Waals surface area contributed by atoms with Crippen LogP contribution in [0.4, 0.5) is 10.7 Å². The molecule has 1 aromatic carbocycles. The maximum Gasteiger partial charge on any atom is 0.338 e. The van der Waals surface area contributed by atoms with E-state index in [9.17, 15) is 9.59 Å². The topological polar surface area (TPSA) is 99.7 Å². The summed E-state index contributed by atoms with van der Waals surface area (Å²) in [7, 11) is 0. The first-order chi connectivity index (χ1) is 15.2. The van der Waals surface area contributed by atoms with Crippen molar-refractivity contribution in [3.05, 3.63) is 65.6 Å². The Morgan fingerprint density at radius 2 is 1.81 bits per heavy atom. The average Bonchev–Trinajstić information content (AvgIpc) is 2.80. The molecule has 3 heterocycles. The van der Waals surface area contributed by atoms with Crippen LogP contribution in [0.3, 0.4) is 0 Å². The van der Waals surface area contributed by atoms with Crippen LogP contribution >= 0.6 is 0 Å². The number of amides is 2. The number of nitrogens with one attached hydrogen (secondary N) is 2. The molecule has 1 saturated heterocycles. The summed E-state index contributed by atoms with van der Waals surface area (Å²) in [6.45, 7) is 5.54. The molecule has 0 bridgehead atoms. The number of urea groups is 1. The van der Waals surface area contributed by atoms with E-state index in [-0.39, 0.29) is 12.6 Å². The van der Waals surface area contributed by atoms with Crippen LogP contribution < -0.4 is 15.5 Å². The van der Waals surface area contributed by atoms with Gasteiger partial charge in [-0.1, -0.05) is 30.3 Å². The molecule has 9 nitrogen and oxygen atoms in total. The quantitative estimate of drug-likeness (QED) is 0.680. The summed E-state index contributed by atoms with van der Waals surface area (Å²) in [5.74, 6) is 0.295. The molecule has 0 aliphatic carbocycles. The predicted molar refractivity (Wildman–Crippen MR) is 115 cm³/mol. The van der Waals surface area contributed by atoms with Gasteiger partial charge in [-0.3, -0.25) is 4.90 Å². The van der Waals surface area contributed by atoms with E-state index in [0.29, 0.717) is 23.8 Å². The second kappa shape index (κ2) is 9.57. The van der Waals surface area contributed by atoms with Gasteiger partial charge < -0.3 is 20.3 Å². The zero-order chi connectivity index (χ0) is 21.6. The van der Waals surface area contributed by atoms with E-state index in [1.807, 2.05) is 30.3 Å². The van der Waals surface area contributed by atoms with E-state index in [4.69, 9.17) is 4.74 Å². The largest absolute Gasteiger partial charge is 0.463 e. The van der Waals surface area contributed by atoms with Crippen LogP contribution in [0, 0.1) is 0 Å². The van der Waals surface area contributed by atoms with Crippen molar-refractivity contribution in [1.82, 2.24) is 25.5 Å². The van der Waals surface area contributed by atoms with Gasteiger partial charge in [-0.15, -0.1) is 0 Å². The smallest absolute Gasteiger partial charge is 0.338 e. The van der Waals surface area contributed by atoms with Crippen LogP contribution in [-0.4, -0.2) is 66.2 Å². The zero-order valence-electron chi connectivity index (χ0n) is 17.5. The van der Waals surface area contributed by atoms with Gasteiger partial charge in [0.25, 0.3) is 0 Å². The lowest BCUT2D eigenvalue weighted by Gasteiger charge is -2.37. The average molecular weight is 422 g/mol. The van der Waals surface area contributed by atoms with Gasteiger partial charge in [-0.05, 0) is 18.6 Å². The molecule has 1 fully saturated rings. The minimum absolute atomic E-state index is 0.265. The predicted octanol–water partition coefficient (Wildman–Crippen LogP) is 1.47. The molecule has 1 atom stereocenters. The first-order valence-corrected chi connectivity index (χ1v) is 10.4. The highest BCUT2D eigenvalue weighted by atomic mass is 16.5. The van der Waals surface area contributed by atoms with Gasteiger partial charge in [-0.25, -0.2) is 19.6 Å². The maximum absolute atomic E-state index is 12.9. The Morgan fingerprint density at radius 3 is 2.48 bits per heavy atom. The summed E-state index contributed by atoms with van der Waals surface area (Å²) < 4.78 is 5.33. The summed E-state index contributed by atoms with van der Waals surface area (Å²) in [4.78, 5) is 38.2. The third-order valence-corrected chi connectivity index (χ3v) is 5.37. The highest BCUT2D eigenvalue weighted by Crippen LogP contribution is 2.28. The number of hydrogen-bond acceptors (Lipinski definition) is 7. The van der Waals surface area contributed by atoms with Crippen molar-refractivity contribution in [2.45, 2.75) is 13.0 Å². The molecule has 4 rings (SSSR count). The molecule has 31 heavy (non-hydrogen) atoms. The van der Waals surface area contributed by atoms with Crippen molar-refractivity contribution in [1.29, 1.82) is 0 Å². The van der Waals surface area contributed by atoms with E-state index in [0.717, 1.165) is 31.7 Å². The fourth-order valence-corrected chi connectivity index (χ4v) is 3.87. The summed E-state index contributed by atoms with van der Waals surface area (Å²) in [5.41, 5.74) is 1.87. The first kappa shape index (κ1) is 20.8. The number of aromatic nitrogens is 2. The van der Waals surface area contributed by atoms with Gasteiger partial charge >= 0.3 is 12.0 Å². The Labute approximate surface area is 181 Å².